The van der Waals surface area contributed by atoms with Crippen LogP contribution < -0.4 is 10.1 Å². The molecular weight excluding hydrogens is 534 g/mol. The van der Waals surface area contributed by atoms with E-state index in [1.54, 1.807) is 42.5 Å². The highest BCUT2D eigenvalue weighted by Crippen LogP contribution is 2.37. The predicted octanol–water partition coefficient (Wildman–Crippen LogP) is 2.99. The molecule has 2 rings (SSSR count). The number of amides is 1. The van der Waals surface area contributed by atoms with Gasteiger partial charge < -0.3 is 29.8 Å². The first kappa shape index (κ1) is 32.6. The summed E-state index contributed by atoms with van der Waals surface area (Å²) in [5.74, 6) is -5.16. The molecule has 1 saturated carbocycles. The number of hydrogen-bond donors (Lipinski definition) is 3. The van der Waals surface area contributed by atoms with Gasteiger partial charge >= 0.3 is 5.97 Å². The van der Waals surface area contributed by atoms with E-state index in [4.69, 9.17) is 9.47 Å². The average molecular weight is 571 g/mol. The molecule has 0 aliphatic heterocycles. The van der Waals surface area contributed by atoms with Gasteiger partial charge in [-0.1, -0.05) is 36.4 Å². The highest BCUT2D eigenvalue weighted by molar-refractivity contribution is 5.84. The molecular formula is C27H36F2N2O9. The maximum atomic E-state index is 14.3. The van der Waals surface area contributed by atoms with Crippen molar-refractivity contribution >= 4 is 11.9 Å². The van der Waals surface area contributed by atoms with Gasteiger partial charge in [-0.05, 0) is 50.3 Å². The zero-order valence-electron chi connectivity index (χ0n) is 22.2. The number of nitrogens with zero attached hydrogens (tertiary/aromatic N) is 1. The van der Waals surface area contributed by atoms with Crippen LogP contribution in [0.25, 0.3) is 0 Å². The molecule has 0 aromatic heterocycles. The molecule has 1 aliphatic carbocycles. The van der Waals surface area contributed by atoms with Gasteiger partial charge in [0, 0.05) is 18.8 Å². The Bertz CT molecular complexity index is 1010. The summed E-state index contributed by atoms with van der Waals surface area (Å²) in [6.07, 6.45) is 5.32. The van der Waals surface area contributed by atoms with Crippen molar-refractivity contribution < 1.29 is 48.0 Å². The number of esters is 1. The zero-order valence-corrected chi connectivity index (χ0v) is 22.2. The molecule has 1 aromatic rings. The van der Waals surface area contributed by atoms with Crippen LogP contribution in [0.1, 0.15) is 39.0 Å². The Labute approximate surface area is 230 Å². The third kappa shape index (κ3) is 12.1. The highest BCUT2D eigenvalue weighted by atomic mass is 19.3. The molecule has 13 heteroatoms. The first-order valence-corrected chi connectivity index (χ1v) is 13.0. The van der Waals surface area contributed by atoms with Crippen LogP contribution in [0.15, 0.2) is 54.6 Å². The number of carbonyl (C=O) groups excluding carboxylic acids is 2. The molecule has 1 amide bonds. The molecule has 1 aliphatic rings. The number of hydrogen-bond acceptors (Lipinski definition) is 9. The molecule has 11 nitrogen and oxygen atoms in total. The number of unbranched alkanes of at least 4 members (excludes halogenated alkanes) is 1. The number of aliphatic hydroxyl groups excluding tert-OH is 2. The Kier molecular flexibility index (Phi) is 13.5. The number of aliphatic hydroxyl groups is 2. The molecule has 0 spiro atoms. The Balaban J connectivity index is 1.72. The van der Waals surface area contributed by atoms with E-state index < -0.39 is 60.3 Å². The van der Waals surface area contributed by atoms with Gasteiger partial charge in [-0.15, -0.1) is 10.1 Å². The van der Waals surface area contributed by atoms with Crippen molar-refractivity contribution in [3.05, 3.63) is 64.8 Å². The number of alkyl halides is 2. The topological polar surface area (TPSA) is 157 Å². The number of halogens is 2. The molecule has 1 fully saturated rings. The van der Waals surface area contributed by atoms with Gasteiger partial charge in [0.1, 0.15) is 25.0 Å². The van der Waals surface area contributed by atoms with Crippen molar-refractivity contribution in [3.63, 3.8) is 0 Å². The fraction of sp³-hybridized carbons (Fsp3) is 0.556. The SMILES string of the molecule is CC(NC(=O)CCC/C=C\C[C@@H]1[C@@H](/C=C/C(F)(F)COc2ccccc2)[C@H](O)C[C@@H]1O)C(=O)OCCO[N+](=O)[O-]. The lowest BCUT2D eigenvalue weighted by Gasteiger charge is -2.20. The van der Waals surface area contributed by atoms with E-state index in [0.29, 0.717) is 31.1 Å². The quantitative estimate of drug-likeness (QED) is 0.0842. The smallest absolute Gasteiger partial charge is 0.328 e. The highest BCUT2D eigenvalue weighted by Gasteiger charge is 2.40. The first-order valence-electron chi connectivity index (χ1n) is 13.0. The first-order chi connectivity index (χ1) is 19.0. The normalized spacial score (nSPS) is 21.8. The molecule has 222 valence electrons. The molecule has 5 atom stereocenters. The standard InChI is InChI=1S/C27H36F2N2O9/c1-19(26(35)38-15-16-40-31(36)37)30-25(34)12-8-3-2-7-11-21-22(24(33)17-23(21)32)13-14-27(28,29)18-39-20-9-5-4-6-10-20/h2,4-7,9-10,13-14,19,21-24,32-33H,3,8,11-12,15-18H2,1H3,(H,30,34)/b7-2-,14-13+/t19?,21-,22-,23+,24-/m1/s1. The summed E-state index contributed by atoms with van der Waals surface area (Å²) >= 11 is 0. The summed E-state index contributed by atoms with van der Waals surface area (Å²) in [6, 6.07) is 7.32. The number of para-hydroxylation sites is 1. The lowest BCUT2D eigenvalue weighted by molar-refractivity contribution is -0.757. The summed E-state index contributed by atoms with van der Waals surface area (Å²) in [5.41, 5.74) is 0. The minimum Gasteiger partial charge on any atom is -0.487 e. The molecule has 0 bridgehead atoms. The van der Waals surface area contributed by atoms with Gasteiger partial charge in [-0.3, -0.25) is 4.79 Å². The number of allylic oxidation sites excluding steroid dienone is 2. The Hall–Kier alpha value is -3.58. The summed E-state index contributed by atoms with van der Waals surface area (Å²) in [6.45, 7) is -0.155. The van der Waals surface area contributed by atoms with E-state index in [2.05, 4.69) is 10.2 Å². The van der Waals surface area contributed by atoms with Crippen LogP contribution in [0.5, 0.6) is 5.75 Å². The molecule has 40 heavy (non-hydrogen) atoms. The molecule has 1 aromatic carbocycles. The van der Waals surface area contributed by atoms with E-state index in [-0.39, 0.29) is 25.4 Å². The van der Waals surface area contributed by atoms with Crippen molar-refractivity contribution in [2.45, 2.75) is 63.2 Å². The van der Waals surface area contributed by atoms with Crippen LogP contribution in [-0.4, -0.2) is 71.2 Å². The van der Waals surface area contributed by atoms with E-state index in [9.17, 15) is 38.7 Å². The van der Waals surface area contributed by atoms with Crippen molar-refractivity contribution in [1.82, 2.24) is 5.32 Å². The maximum Gasteiger partial charge on any atom is 0.328 e. The summed E-state index contributed by atoms with van der Waals surface area (Å²) in [4.78, 5) is 37.9. The number of benzene rings is 1. The van der Waals surface area contributed by atoms with Crippen molar-refractivity contribution in [2.75, 3.05) is 19.8 Å². The monoisotopic (exact) mass is 570 g/mol. The van der Waals surface area contributed by atoms with Crippen LogP contribution >= 0.6 is 0 Å². The van der Waals surface area contributed by atoms with E-state index in [1.165, 1.54) is 13.0 Å². The molecule has 0 heterocycles. The van der Waals surface area contributed by atoms with Gasteiger partial charge in [-0.25, -0.2) is 4.79 Å². The number of nitrogens with one attached hydrogen (secondary N) is 1. The number of rotatable bonds is 17. The van der Waals surface area contributed by atoms with Gasteiger partial charge in [-0.2, -0.15) is 8.78 Å². The van der Waals surface area contributed by atoms with Gasteiger partial charge in [0.2, 0.25) is 5.91 Å². The lowest BCUT2D eigenvalue weighted by Crippen LogP contribution is -2.39. The molecule has 0 saturated heterocycles. The van der Waals surface area contributed by atoms with Crippen molar-refractivity contribution in [1.29, 1.82) is 0 Å². The Morgan fingerprint density at radius 2 is 1.93 bits per heavy atom. The minimum atomic E-state index is -3.26. The largest absolute Gasteiger partial charge is 0.487 e. The van der Waals surface area contributed by atoms with Crippen LogP contribution in [-0.2, 0) is 19.2 Å². The number of carbonyl (C=O) groups is 2. The number of ether oxygens (including phenoxy) is 2. The summed E-state index contributed by atoms with van der Waals surface area (Å²) < 4.78 is 38.6. The second-order valence-corrected chi connectivity index (χ2v) is 9.45. The van der Waals surface area contributed by atoms with E-state index in [1.807, 2.05) is 0 Å². The van der Waals surface area contributed by atoms with Gasteiger partial charge in [0.25, 0.3) is 11.0 Å². The van der Waals surface area contributed by atoms with E-state index in [0.717, 1.165) is 0 Å². The average Bonchev–Trinajstić information content (AvgIpc) is 3.18. The fourth-order valence-corrected chi connectivity index (χ4v) is 4.21. The van der Waals surface area contributed by atoms with Crippen LogP contribution in [0.3, 0.4) is 0 Å². The third-order valence-electron chi connectivity index (χ3n) is 6.26. The third-order valence-corrected chi connectivity index (χ3v) is 6.26. The predicted molar refractivity (Wildman–Crippen MR) is 139 cm³/mol. The minimum absolute atomic E-state index is 0.0865. The second kappa shape index (κ2) is 16.5. The molecule has 0 radical (unpaired) electrons. The van der Waals surface area contributed by atoms with Crippen LogP contribution in [0.2, 0.25) is 0 Å². The summed E-state index contributed by atoms with van der Waals surface area (Å²) in [5, 5.41) is 32.2. The lowest BCUT2D eigenvalue weighted by atomic mass is 9.89. The van der Waals surface area contributed by atoms with E-state index >= 15 is 0 Å². The van der Waals surface area contributed by atoms with Crippen LogP contribution in [0, 0.1) is 22.0 Å². The van der Waals surface area contributed by atoms with Gasteiger partial charge in [0.05, 0.1) is 12.2 Å². The van der Waals surface area contributed by atoms with Crippen LogP contribution in [0.4, 0.5) is 8.78 Å². The maximum absolute atomic E-state index is 14.3. The van der Waals surface area contributed by atoms with Crippen molar-refractivity contribution in [3.8, 4) is 5.75 Å². The Morgan fingerprint density at radius 3 is 2.62 bits per heavy atom. The Morgan fingerprint density at radius 1 is 1.20 bits per heavy atom. The molecule has 1 unspecified atom stereocenters. The summed E-state index contributed by atoms with van der Waals surface area (Å²) in [7, 11) is 0. The molecule has 3 N–H and O–H groups in total. The van der Waals surface area contributed by atoms with Gasteiger partial charge in [0.15, 0.2) is 6.61 Å². The zero-order chi connectivity index (χ0) is 29.5. The second-order valence-electron chi connectivity index (χ2n) is 9.45. The van der Waals surface area contributed by atoms with Crippen molar-refractivity contribution in [2.24, 2.45) is 11.8 Å². The fourth-order valence-electron chi connectivity index (χ4n) is 4.21.